The number of halogens is 2. The normalized spacial score (nSPS) is 11.4. The monoisotopic (exact) mass is 1120 g/mol. The first-order chi connectivity index (χ1) is 37.4. The molecule has 0 aliphatic rings. The summed E-state index contributed by atoms with van der Waals surface area (Å²) in [4.78, 5) is 69.0. The molecule has 5 N–H and O–H groups in total. The molecule has 4 heterocycles. The first-order valence-corrected chi connectivity index (χ1v) is 25.5. The number of aliphatic hydroxyl groups is 2. The highest BCUT2D eigenvalue weighted by Gasteiger charge is 2.29. The lowest BCUT2D eigenvalue weighted by Crippen LogP contribution is -2.39. The van der Waals surface area contributed by atoms with Crippen LogP contribution in [0.5, 0.6) is 0 Å². The number of benzene rings is 4. The van der Waals surface area contributed by atoms with Gasteiger partial charge in [0.1, 0.15) is 11.3 Å². The van der Waals surface area contributed by atoms with Gasteiger partial charge in [-0.2, -0.15) is 0 Å². The molecule has 8 rings (SSSR count). The maximum Gasteiger partial charge on any atom is 0.342 e. The predicted molar refractivity (Wildman–Crippen MR) is 305 cm³/mol. The van der Waals surface area contributed by atoms with Crippen molar-refractivity contribution in [3.05, 3.63) is 176 Å². The smallest absolute Gasteiger partial charge is 0.342 e. The minimum atomic E-state index is -2.27. The zero-order chi connectivity index (χ0) is 58.2. The average Bonchev–Trinajstić information content (AvgIpc) is 4.22. The Morgan fingerprint density at radius 2 is 1.04 bits per heavy atom. The second kappa shape index (κ2) is 28.5. The van der Waals surface area contributed by atoms with Crippen LogP contribution >= 0.6 is 23.2 Å². The Morgan fingerprint density at radius 1 is 0.608 bits per heavy atom. The van der Waals surface area contributed by atoms with Gasteiger partial charge in [-0.3, -0.25) is 9.59 Å². The van der Waals surface area contributed by atoms with Crippen molar-refractivity contribution in [1.82, 2.24) is 28.6 Å². The van der Waals surface area contributed by atoms with Crippen molar-refractivity contribution in [2.45, 2.75) is 66.6 Å². The molecule has 2 atom stereocenters. The molecule has 2 amide bonds. The topological polar surface area (TPSA) is 238 Å². The number of rotatable bonds is 15. The van der Waals surface area contributed by atoms with E-state index >= 15 is 0 Å². The summed E-state index contributed by atoms with van der Waals surface area (Å²) in [5.41, 5.74) is 14.5. The number of aliphatic hydroxyl groups excluding tert-OH is 2. The number of carboxylic acid groups (broad SMARTS) is 2. The van der Waals surface area contributed by atoms with Crippen LogP contribution < -0.4 is 5.32 Å². The largest absolute Gasteiger partial charge is 0.479 e. The number of pyridine rings is 2. The Kier molecular flexibility index (Phi) is 22.3. The van der Waals surface area contributed by atoms with E-state index in [9.17, 15) is 24.0 Å². The summed E-state index contributed by atoms with van der Waals surface area (Å²) in [5.74, 6) is -3.88. The lowest BCUT2D eigenvalue weighted by molar-refractivity contribution is -0.165. The van der Waals surface area contributed by atoms with Crippen LogP contribution in [0.3, 0.4) is 0 Å². The maximum absolute atomic E-state index is 12.3. The van der Waals surface area contributed by atoms with Crippen LogP contribution in [-0.2, 0) is 41.5 Å². The Hall–Kier alpha value is -8.13. The van der Waals surface area contributed by atoms with Crippen molar-refractivity contribution >= 4 is 75.6 Å². The second-order valence-electron chi connectivity index (χ2n) is 18.7. The van der Waals surface area contributed by atoms with Crippen molar-refractivity contribution in [3.63, 3.8) is 0 Å². The summed E-state index contributed by atoms with van der Waals surface area (Å²) in [6.45, 7) is 12.3. The van der Waals surface area contributed by atoms with Crippen LogP contribution in [-0.4, -0.2) is 133 Å². The van der Waals surface area contributed by atoms with Crippen molar-refractivity contribution in [3.8, 4) is 22.5 Å². The zero-order valence-electron chi connectivity index (χ0n) is 45.6. The Bertz CT molecular complexity index is 3270. The molecule has 2 unspecified atom stereocenters. The Labute approximate surface area is 468 Å². The van der Waals surface area contributed by atoms with Gasteiger partial charge in [-0.25, -0.2) is 24.4 Å². The number of anilines is 2. The number of carboxylic acids is 2. The van der Waals surface area contributed by atoms with E-state index in [0.29, 0.717) is 46.4 Å². The number of ether oxygens (including phenoxy) is 2. The highest BCUT2D eigenvalue weighted by molar-refractivity contribution is 6.39. The van der Waals surface area contributed by atoms with Gasteiger partial charge in [-0.1, -0.05) is 113 Å². The number of hydrogen-bond donors (Lipinski definition) is 5. The molecule has 0 fully saturated rings. The summed E-state index contributed by atoms with van der Waals surface area (Å²) in [6, 6.07) is 35.2. The van der Waals surface area contributed by atoms with Crippen LogP contribution in [0.2, 0.25) is 10.0 Å². The fourth-order valence-electron chi connectivity index (χ4n) is 7.43. The molecule has 4 aromatic heterocycles. The summed E-state index contributed by atoms with van der Waals surface area (Å²) >= 11 is 12.5. The number of amides is 2. The van der Waals surface area contributed by atoms with E-state index in [2.05, 4.69) is 67.7 Å². The molecule has 20 heteroatoms. The number of carbonyl (C=O) groups is 5. The molecular formula is C59H65Cl2N7O11. The van der Waals surface area contributed by atoms with Gasteiger partial charge in [0.05, 0.1) is 62.6 Å². The number of carbonyl (C=O) groups excluding carboxylic acids is 3. The highest BCUT2D eigenvalue weighted by Crippen LogP contribution is 2.36. The van der Waals surface area contributed by atoms with Gasteiger partial charge in [0.2, 0.25) is 11.8 Å². The van der Waals surface area contributed by atoms with Crippen LogP contribution in [0.25, 0.3) is 33.8 Å². The SMILES string of the molecule is CCOCOC(=O)c1ccccc1Nc1c(Cl)ccc(C)c1Cl.Cc1ccc(-c2nc3ccc(C)cn3c2CC(=O)N(C)C)cc1.Cc1ccc(-c2nc3ccc(C)cn3c2CC(=O)N(C)C)cc1.O=C(O)C(O)C(O)C(=O)O. The van der Waals surface area contributed by atoms with E-state index in [-0.39, 0.29) is 18.6 Å². The quantitative estimate of drug-likeness (QED) is 0.0365. The number of nitrogens with zero attached hydrogens (tertiary/aromatic N) is 6. The van der Waals surface area contributed by atoms with Crippen molar-refractivity contribution in [1.29, 1.82) is 0 Å². The number of esters is 1. The molecule has 0 radical (unpaired) electrons. The molecule has 416 valence electrons. The molecule has 4 aromatic carbocycles. The first-order valence-electron chi connectivity index (χ1n) is 24.8. The number of aromatic nitrogens is 4. The second-order valence-corrected chi connectivity index (χ2v) is 19.5. The number of aryl methyl sites for hydroxylation is 5. The van der Waals surface area contributed by atoms with Crippen molar-refractivity contribution in [2.75, 3.05) is 46.9 Å². The van der Waals surface area contributed by atoms with Gasteiger partial charge in [0.15, 0.2) is 19.0 Å². The van der Waals surface area contributed by atoms with E-state index in [0.717, 1.165) is 61.9 Å². The minimum Gasteiger partial charge on any atom is -0.479 e. The summed E-state index contributed by atoms with van der Waals surface area (Å²) in [7, 11) is 7.12. The van der Waals surface area contributed by atoms with Gasteiger partial charge in [-0.05, 0) is 88.6 Å². The lowest BCUT2D eigenvalue weighted by atomic mass is 10.1. The fraction of sp³-hybridized carbons (Fsp3) is 0.271. The summed E-state index contributed by atoms with van der Waals surface area (Å²) < 4.78 is 14.2. The molecule has 18 nitrogen and oxygen atoms in total. The number of hydrogen-bond acceptors (Lipinski definition) is 12. The molecule has 0 aliphatic heterocycles. The minimum absolute atomic E-state index is 0.0710. The van der Waals surface area contributed by atoms with Crippen LogP contribution in [0.4, 0.5) is 11.4 Å². The molecule has 0 bridgehead atoms. The molecule has 79 heavy (non-hydrogen) atoms. The number of likely N-dealkylation sites (N-methyl/N-ethyl adjacent to an activating group) is 2. The molecule has 0 aliphatic carbocycles. The molecule has 0 saturated carbocycles. The Balaban J connectivity index is 0.000000201. The molecule has 8 aromatic rings. The van der Waals surface area contributed by atoms with Crippen LogP contribution in [0.15, 0.2) is 122 Å². The number of nitrogens with one attached hydrogen (secondary N) is 1. The number of para-hydroxylation sites is 1. The maximum atomic E-state index is 12.3. The average molecular weight is 1120 g/mol. The third-order valence-electron chi connectivity index (χ3n) is 12.0. The van der Waals surface area contributed by atoms with Crippen LogP contribution in [0.1, 0.15) is 56.5 Å². The van der Waals surface area contributed by atoms with E-state index in [4.69, 9.17) is 63.1 Å². The highest BCUT2D eigenvalue weighted by atomic mass is 35.5. The molecule has 0 spiro atoms. The first kappa shape index (κ1) is 61.7. The summed E-state index contributed by atoms with van der Waals surface area (Å²) in [5, 5.41) is 36.6. The zero-order valence-corrected chi connectivity index (χ0v) is 47.1. The van der Waals surface area contributed by atoms with Crippen molar-refractivity contribution in [2.24, 2.45) is 0 Å². The lowest BCUT2D eigenvalue weighted by Gasteiger charge is -2.15. The third-order valence-corrected chi connectivity index (χ3v) is 12.8. The van der Waals surface area contributed by atoms with E-state index in [1.54, 1.807) is 68.3 Å². The van der Waals surface area contributed by atoms with Crippen molar-refractivity contribution < 1.29 is 53.9 Å². The fourth-order valence-corrected chi connectivity index (χ4v) is 7.89. The van der Waals surface area contributed by atoms with E-state index in [1.165, 1.54) is 11.1 Å². The summed E-state index contributed by atoms with van der Waals surface area (Å²) in [6.07, 6.45) is 0.216. The van der Waals surface area contributed by atoms with Gasteiger partial charge >= 0.3 is 17.9 Å². The third kappa shape index (κ3) is 16.7. The van der Waals surface area contributed by atoms with E-state index in [1.807, 2.05) is 79.2 Å². The predicted octanol–water partition coefficient (Wildman–Crippen LogP) is 9.57. The van der Waals surface area contributed by atoms with Crippen LogP contribution in [0, 0.1) is 34.6 Å². The number of aliphatic carboxylic acids is 2. The van der Waals surface area contributed by atoms with Gasteiger partial charge in [0.25, 0.3) is 0 Å². The van der Waals surface area contributed by atoms with Gasteiger partial charge in [-0.15, -0.1) is 0 Å². The van der Waals surface area contributed by atoms with Gasteiger partial charge in [0, 0.05) is 58.3 Å². The van der Waals surface area contributed by atoms with E-state index < -0.39 is 30.1 Å². The molecule has 0 saturated heterocycles. The number of fused-ring (bicyclic) bond motifs is 2. The van der Waals surface area contributed by atoms with Gasteiger partial charge < -0.3 is 53.8 Å². The number of imidazole rings is 2. The Morgan fingerprint density at radius 3 is 1.46 bits per heavy atom. The molecular weight excluding hydrogens is 1050 g/mol. The standard InChI is InChI=1S/2C19H21N3O.C17H17Cl2NO3.C4H6O6/c2*1-13-5-8-15(9-6-13)19-16(11-18(23)21(3)4)22-12-14(2)7-10-17(22)20-19;1-3-22-10-23-17(21)12-6-4-5-7-14(12)20-16-13(18)9-8-11(2)15(16)19;5-1(3(7)8)2(6)4(9)10/h2*5-10,12H,11H2,1-4H3;4-9,20H,3,10H2,1-2H3;1-2,5-6H,(H,7,8)(H,9,10).